The summed E-state index contributed by atoms with van der Waals surface area (Å²) in [6, 6.07) is -0.268. The van der Waals surface area contributed by atoms with E-state index in [2.05, 4.69) is 0 Å². The van der Waals surface area contributed by atoms with E-state index in [9.17, 15) is 9.59 Å². The van der Waals surface area contributed by atoms with Crippen molar-refractivity contribution in [2.24, 2.45) is 23.2 Å². The quantitative estimate of drug-likeness (QED) is 0.632. The average Bonchev–Trinajstić information content (AvgIpc) is 2.40. The average molecular weight is 381 g/mol. The van der Waals surface area contributed by atoms with Crippen molar-refractivity contribution in [1.82, 2.24) is 4.90 Å². The number of carbonyl (C=O) groups excluding carboxylic acids is 2. The monoisotopic (exact) mass is 382 g/mol. The third-order valence-electron chi connectivity index (χ3n) is 6.57. The SMILES string of the molecule is O=C1CN2CC[O][Ge]([O]1)[O]C(=O)C2C12CC3CC(CC(C3)C1)C2. The van der Waals surface area contributed by atoms with Gasteiger partial charge in [-0.2, -0.15) is 0 Å². The molecular formula is C16H22GeNO5. The molecule has 23 heavy (non-hydrogen) atoms. The summed E-state index contributed by atoms with van der Waals surface area (Å²) in [7, 11) is 0. The Morgan fingerprint density at radius 2 is 1.65 bits per heavy atom. The van der Waals surface area contributed by atoms with E-state index in [-0.39, 0.29) is 29.9 Å². The molecule has 0 aromatic carbocycles. The molecule has 0 spiro atoms. The molecule has 1 radical (unpaired) electrons. The van der Waals surface area contributed by atoms with Crippen molar-refractivity contribution in [3.8, 4) is 0 Å². The maximum absolute atomic E-state index is 12.9. The second-order valence-electron chi connectivity index (χ2n) is 8.15. The zero-order valence-electron chi connectivity index (χ0n) is 13.2. The van der Waals surface area contributed by atoms with E-state index in [1.807, 2.05) is 4.90 Å². The van der Waals surface area contributed by atoms with Crippen molar-refractivity contribution in [2.45, 2.75) is 44.6 Å². The molecule has 7 rings (SSSR count). The van der Waals surface area contributed by atoms with E-state index >= 15 is 0 Å². The Balaban J connectivity index is 1.52. The number of rotatable bonds is 1. The molecule has 4 aliphatic carbocycles. The summed E-state index contributed by atoms with van der Waals surface area (Å²) >= 11 is -2.94. The third-order valence-corrected chi connectivity index (χ3v) is 9.09. The standard InChI is InChI=1S/C16H22GeNO5/c19-13-9-18-1-2-21-17(22-13)23-15(20)14(18)16-6-10-3-11(7-16)5-12(4-10)8-16/h10-12,14H,1-9H2. The molecular weight excluding hydrogens is 359 g/mol. The molecule has 3 heterocycles. The fourth-order valence-corrected chi connectivity index (χ4v) is 8.33. The normalized spacial score (nSPS) is 49.3. The fraction of sp³-hybridized carbons (Fsp3) is 0.875. The van der Waals surface area contributed by atoms with Crippen molar-refractivity contribution >= 4 is 27.3 Å². The van der Waals surface area contributed by atoms with Crippen LogP contribution in [0.5, 0.6) is 0 Å². The van der Waals surface area contributed by atoms with Crippen LogP contribution in [0.4, 0.5) is 0 Å². The van der Waals surface area contributed by atoms with E-state index < -0.39 is 15.4 Å². The zero-order valence-corrected chi connectivity index (χ0v) is 15.3. The van der Waals surface area contributed by atoms with Gasteiger partial charge >= 0.3 is 141 Å². The topological polar surface area (TPSA) is 65.1 Å². The molecule has 0 aromatic rings. The Kier molecular flexibility index (Phi) is 3.33. The van der Waals surface area contributed by atoms with Gasteiger partial charge in [0.2, 0.25) is 0 Å². The number of carbonyl (C=O) groups is 2. The molecule has 7 heteroatoms. The van der Waals surface area contributed by atoms with Gasteiger partial charge < -0.3 is 0 Å². The van der Waals surface area contributed by atoms with Crippen LogP contribution in [0.2, 0.25) is 0 Å². The number of nitrogens with zero attached hydrogens (tertiary/aromatic N) is 1. The van der Waals surface area contributed by atoms with E-state index in [4.69, 9.17) is 11.3 Å². The predicted octanol–water partition coefficient (Wildman–Crippen LogP) is 0.988. The van der Waals surface area contributed by atoms with Gasteiger partial charge in [0.05, 0.1) is 0 Å². The van der Waals surface area contributed by atoms with Crippen LogP contribution >= 0.6 is 0 Å². The van der Waals surface area contributed by atoms with Crippen LogP contribution in [-0.4, -0.2) is 57.9 Å². The van der Waals surface area contributed by atoms with Crippen LogP contribution in [0.3, 0.4) is 0 Å². The van der Waals surface area contributed by atoms with Crippen molar-refractivity contribution in [2.75, 3.05) is 19.7 Å². The van der Waals surface area contributed by atoms with Crippen molar-refractivity contribution in [3.63, 3.8) is 0 Å². The van der Waals surface area contributed by atoms with Gasteiger partial charge in [-0.3, -0.25) is 0 Å². The van der Waals surface area contributed by atoms with E-state index in [0.29, 0.717) is 13.2 Å². The first-order chi connectivity index (χ1) is 11.1. The third kappa shape index (κ3) is 2.36. The molecule has 6 bridgehead atoms. The van der Waals surface area contributed by atoms with Crippen LogP contribution in [-0.2, 0) is 20.9 Å². The van der Waals surface area contributed by atoms with Crippen molar-refractivity contribution in [1.29, 1.82) is 0 Å². The number of fused-ring (bicyclic) bond motifs is 6. The molecule has 7 fully saturated rings. The van der Waals surface area contributed by atoms with Gasteiger partial charge in [0.15, 0.2) is 0 Å². The summed E-state index contributed by atoms with van der Waals surface area (Å²) in [6.07, 6.45) is 7.39. The minimum atomic E-state index is -2.94. The summed E-state index contributed by atoms with van der Waals surface area (Å²) in [5.74, 6) is 1.82. The fourth-order valence-electron chi connectivity index (χ4n) is 6.35. The summed E-state index contributed by atoms with van der Waals surface area (Å²) < 4.78 is 16.3. The van der Waals surface area contributed by atoms with Crippen LogP contribution in [0.25, 0.3) is 0 Å². The second kappa shape index (κ2) is 5.20. The van der Waals surface area contributed by atoms with Crippen LogP contribution in [0, 0.1) is 23.2 Å². The van der Waals surface area contributed by atoms with Gasteiger partial charge in [-0.15, -0.1) is 0 Å². The molecule has 0 aromatic heterocycles. The van der Waals surface area contributed by atoms with Gasteiger partial charge in [0.1, 0.15) is 0 Å². The zero-order chi connectivity index (χ0) is 15.6. The first-order valence-electron chi connectivity index (χ1n) is 8.77. The molecule has 4 saturated carbocycles. The Hall–Kier alpha value is -0.597. The van der Waals surface area contributed by atoms with Gasteiger partial charge in [0, 0.05) is 0 Å². The molecule has 7 aliphatic rings. The summed E-state index contributed by atoms with van der Waals surface area (Å²) in [5.41, 5.74) is 0.0181. The molecule has 6 nitrogen and oxygen atoms in total. The molecule has 0 N–H and O–H groups in total. The van der Waals surface area contributed by atoms with E-state index in [1.165, 1.54) is 19.3 Å². The molecule has 2 unspecified atom stereocenters. The van der Waals surface area contributed by atoms with Crippen LogP contribution in [0.15, 0.2) is 0 Å². The Labute approximate surface area is 140 Å². The second-order valence-corrected chi connectivity index (χ2v) is 10.7. The van der Waals surface area contributed by atoms with Crippen molar-refractivity contribution in [3.05, 3.63) is 0 Å². The Bertz CT molecular complexity index is 517. The van der Waals surface area contributed by atoms with Gasteiger partial charge in [0.25, 0.3) is 0 Å². The summed E-state index contributed by atoms with van der Waals surface area (Å²) in [4.78, 5) is 26.9. The number of hydrogen-bond acceptors (Lipinski definition) is 6. The first-order valence-corrected chi connectivity index (χ1v) is 11.3. The molecule has 3 aliphatic heterocycles. The van der Waals surface area contributed by atoms with Gasteiger partial charge in [-0.05, 0) is 0 Å². The van der Waals surface area contributed by atoms with Gasteiger partial charge in [-0.25, -0.2) is 0 Å². The van der Waals surface area contributed by atoms with Crippen LogP contribution < -0.4 is 0 Å². The molecule has 3 saturated heterocycles. The summed E-state index contributed by atoms with van der Waals surface area (Å²) in [5, 5.41) is 0. The maximum atomic E-state index is 12.9. The van der Waals surface area contributed by atoms with Crippen molar-refractivity contribution < 1.29 is 20.9 Å². The minimum absolute atomic E-state index is 0.0181. The predicted molar refractivity (Wildman–Crippen MR) is 79.9 cm³/mol. The first kappa shape index (κ1) is 14.7. The number of hydrogen-bond donors (Lipinski definition) is 0. The van der Waals surface area contributed by atoms with Gasteiger partial charge in [-0.1, -0.05) is 0 Å². The van der Waals surface area contributed by atoms with Crippen LogP contribution in [0.1, 0.15) is 38.5 Å². The Morgan fingerprint density at radius 1 is 1.00 bits per heavy atom. The summed E-state index contributed by atoms with van der Waals surface area (Å²) in [6.45, 7) is 1.34. The molecule has 2 atom stereocenters. The molecule has 0 amide bonds. The van der Waals surface area contributed by atoms with E-state index in [0.717, 1.165) is 37.0 Å². The molecule has 125 valence electrons. The Morgan fingerprint density at radius 3 is 2.30 bits per heavy atom. The van der Waals surface area contributed by atoms with E-state index in [1.54, 1.807) is 0 Å².